The van der Waals surface area contributed by atoms with Gasteiger partial charge in [0.2, 0.25) is 0 Å². The summed E-state index contributed by atoms with van der Waals surface area (Å²) in [6.45, 7) is 0.354. The maximum absolute atomic E-state index is 14.0. The van der Waals surface area contributed by atoms with Gasteiger partial charge in [0.25, 0.3) is 5.56 Å². The number of fused-ring (bicyclic) bond motifs is 3. The Morgan fingerprint density at radius 3 is 2.71 bits per heavy atom. The van der Waals surface area contributed by atoms with Gasteiger partial charge >= 0.3 is 0 Å². The van der Waals surface area contributed by atoms with Crippen molar-refractivity contribution in [1.82, 2.24) is 14.5 Å². The molecule has 1 aliphatic rings. The number of thiophene rings is 1. The average Bonchev–Trinajstić information content (AvgIpc) is 3.64. The van der Waals surface area contributed by atoms with Crippen molar-refractivity contribution in [3.8, 4) is 22.9 Å². The molecule has 0 aliphatic heterocycles. The summed E-state index contributed by atoms with van der Waals surface area (Å²) < 4.78 is 7.77. The highest BCUT2D eigenvalue weighted by Gasteiger charge is 2.29. The van der Waals surface area contributed by atoms with Gasteiger partial charge in [-0.25, -0.2) is 4.98 Å². The minimum atomic E-state index is -0.151. The van der Waals surface area contributed by atoms with E-state index in [9.17, 15) is 9.90 Å². The number of phenols is 1. The summed E-state index contributed by atoms with van der Waals surface area (Å²) in [6, 6.07) is 13.1. The number of ether oxygens (including phenoxy) is 1. The van der Waals surface area contributed by atoms with Gasteiger partial charge in [0.15, 0.2) is 5.75 Å². The largest absolute Gasteiger partial charge is 0.505 e. The van der Waals surface area contributed by atoms with Crippen molar-refractivity contribution in [2.75, 3.05) is 7.11 Å². The Morgan fingerprint density at radius 1 is 1.18 bits per heavy atom. The second-order valence-corrected chi connectivity index (χ2v) is 9.87. The zero-order valence-electron chi connectivity index (χ0n) is 18.3. The number of aromatic nitrogens is 3. The first-order valence-electron chi connectivity index (χ1n) is 11.0. The molecule has 0 spiro atoms. The Morgan fingerprint density at radius 2 is 1.97 bits per heavy atom. The van der Waals surface area contributed by atoms with E-state index in [0.29, 0.717) is 38.6 Å². The lowest BCUT2D eigenvalue weighted by atomic mass is 10.0. The molecule has 0 atom stereocenters. The van der Waals surface area contributed by atoms with Crippen LogP contribution < -0.4 is 10.3 Å². The summed E-state index contributed by atoms with van der Waals surface area (Å²) in [7, 11) is 1.66. The molecule has 6 rings (SSSR count). The van der Waals surface area contributed by atoms with Crippen LogP contribution in [0.15, 0.2) is 59.7 Å². The topological polar surface area (TPSA) is 77.2 Å². The van der Waals surface area contributed by atoms with E-state index in [0.717, 1.165) is 35.3 Å². The highest BCUT2D eigenvalue weighted by atomic mass is 35.5. The van der Waals surface area contributed by atoms with E-state index < -0.39 is 0 Å². The van der Waals surface area contributed by atoms with Crippen LogP contribution in [0.25, 0.3) is 31.7 Å². The lowest BCUT2D eigenvalue weighted by molar-refractivity contribution is 0.414. The monoisotopic (exact) mass is 489 g/mol. The first-order valence-corrected chi connectivity index (χ1v) is 12.2. The van der Waals surface area contributed by atoms with Crippen LogP contribution >= 0.6 is 22.9 Å². The van der Waals surface area contributed by atoms with E-state index in [-0.39, 0.29) is 16.3 Å². The highest BCUT2D eigenvalue weighted by Crippen LogP contribution is 2.46. The van der Waals surface area contributed by atoms with Crippen LogP contribution in [0, 0.1) is 0 Å². The molecule has 34 heavy (non-hydrogen) atoms. The lowest BCUT2D eigenvalue weighted by Crippen LogP contribution is -2.24. The third-order valence-electron chi connectivity index (χ3n) is 6.29. The number of aromatic hydroxyl groups is 1. The molecule has 1 saturated carbocycles. The Kier molecular flexibility index (Phi) is 5.04. The van der Waals surface area contributed by atoms with Crippen LogP contribution in [0.3, 0.4) is 0 Å². The normalized spacial score (nSPS) is 13.6. The van der Waals surface area contributed by atoms with Crippen molar-refractivity contribution in [1.29, 1.82) is 0 Å². The van der Waals surface area contributed by atoms with Gasteiger partial charge < -0.3 is 9.84 Å². The molecule has 0 bridgehead atoms. The lowest BCUT2D eigenvalue weighted by Gasteiger charge is -2.16. The highest BCUT2D eigenvalue weighted by molar-refractivity contribution is 7.25. The first-order chi connectivity index (χ1) is 16.5. The van der Waals surface area contributed by atoms with Crippen molar-refractivity contribution in [2.45, 2.75) is 25.3 Å². The van der Waals surface area contributed by atoms with Crippen molar-refractivity contribution < 1.29 is 9.84 Å². The van der Waals surface area contributed by atoms with Crippen molar-refractivity contribution in [3.63, 3.8) is 0 Å². The number of benzene rings is 2. The fourth-order valence-corrected chi connectivity index (χ4v) is 5.73. The van der Waals surface area contributed by atoms with Gasteiger partial charge in [-0.05, 0) is 66.3 Å². The molecule has 6 nitrogen and oxygen atoms in total. The molecule has 0 unspecified atom stereocenters. The van der Waals surface area contributed by atoms with E-state index in [1.54, 1.807) is 36.2 Å². The van der Waals surface area contributed by atoms with E-state index in [1.165, 1.54) is 11.3 Å². The summed E-state index contributed by atoms with van der Waals surface area (Å²) in [6.07, 6.45) is 5.64. The molecule has 0 saturated heterocycles. The van der Waals surface area contributed by atoms with Gasteiger partial charge in [-0.3, -0.25) is 14.3 Å². The van der Waals surface area contributed by atoms with Crippen LogP contribution in [0.4, 0.5) is 0 Å². The molecule has 0 radical (unpaired) electrons. The number of methoxy groups -OCH3 is 1. The Labute approximate surface area is 204 Å². The van der Waals surface area contributed by atoms with Gasteiger partial charge in [0.1, 0.15) is 16.4 Å². The second-order valence-electron chi connectivity index (χ2n) is 8.46. The molecule has 8 heteroatoms. The fraction of sp³-hybridized carbons (Fsp3) is 0.192. The number of pyridine rings is 1. The summed E-state index contributed by atoms with van der Waals surface area (Å²) >= 11 is 7.43. The van der Waals surface area contributed by atoms with Crippen LogP contribution in [-0.2, 0) is 6.54 Å². The van der Waals surface area contributed by atoms with E-state index in [2.05, 4.69) is 11.1 Å². The minimum absolute atomic E-state index is 0.0214. The van der Waals surface area contributed by atoms with Crippen molar-refractivity contribution in [2.24, 2.45) is 0 Å². The van der Waals surface area contributed by atoms with E-state index in [4.69, 9.17) is 21.3 Å². The van der Waals surface area contributed by atoms with Crippen molar-refractivity contribution >= 4 is 43.2 Å². The van der Waals surface area contributed by atoms with Crippen LogP contribution in [0.5, 0.6) is 11.5 Å². The molecule has 3 aromatic heterocycles. The third-order valence-corrected chi connectivity index (χ3v) is 7.70. The molecule has 170 valence electrons. The standard InChI is InChI=1S/C26H20ClN3O3S/c1-33-16-4-5-17(19(12-16)15-2-3-15)24-29-25-21(18-6-7-20(27)22(31)23(18)34-25)26(32)30(24)13-14-8-10-28-11-9-14/h4-12,15,31H,2-3,13H2,1H3. The summed E-state index contributed by atoms with van der Waals surface area (Å²) in [5.41, 5.74) is 2.87. The minimum Gasteiger partial charge on any atom is -0.505 e. The Bertz CT molecular complexity index is 1620. The number of halogens is 1. The van der Waals surface area contributed by atoms with Gasteiger partial charge in [-0.15, -0.1) is 11.3 Å². The molecule has 1 N–H and O–H groups in total. The third kappa shape index (κ3) is 3.43. The number of nitrogens with zero attached hydrogens (tertiary/aromatic N) is 3. The number of hydrogen-bond acceptors (Lipinski definition) is 6. The smallest absolute Gasteiger partial charge is 0.263 e. The molecular weight excluding hydrogens is 470 g/mol. The Balaban J connectivity index is 1.68. The predicted octanol–water partition coefficient (Wildman–Crippen LogP) is 5.97. The van der Waals surface area contributed by atoms with E-state index in [1.807, 2.05) is 24.3 Å². The SMILES string of the molecule is COc1ccc(-c2nc3sc4c(O)c(Cl)ccc4c3c(=O)n2Cc2ccncc2)c(C2CC2)c1. The van der Waals surface area contributed by atoms with Gasteiger partial charge in [0, 0.05) is 23.3 Å². The predicted molar refractivity (Wildman–Crippen MR) is 135 cm³/mol. The molecular formula is C26H20ClN3O3S. The maximum Gasteiger partial charge on any atom is 0.263 e. The molecule has 1 fully saturated rings. The van der Waals surface area contributed by atoms with Crippen LogP contribution in [-0.4, -0.2) is 26.8 Å². The molecule has 0 amide bonds. The molecule has 2 aromatic carbocycles. The zero-order valence-corrected chi connectivity index (χ0v) is 19.9. The molecule has 3 heterocycles. The molecule has 5 aromatic rings. The summed E-state index contributed by atoms with van der Waals surface area (Å²) in [5.74, 6) is 1.80. The average molecular weight is 490 g/mol. The second kappa shape index (κ2) is 8.11. The van der Waals surface area contributed by atoms with Gasteiger partial charge in [0.05, 0.1) is 28.8 Å². The van der Waals surface area contributed by atoms with Crippen LogP contribution in [0.1, 0.15) is 29.9 Å². The Hall–Kier alpha value is -3.42. The first kappa shape index (κ1) is 21.1. The summed E-state index contributed by atoms with van der Waals surface area (Å²) in [4.78, 5) is 23.7. The van der Waals surface area contributed by atoms with E-state index >= 15 is 0 Å². The van der Waals surface area contributed by atoms with Gasteiger partial charge in [-0.1, -0.05) is 17.7 Å². The van der Waals surface area contributed by atoms with Gasteiger partial charge in [-0.2, -0.15) is 0 Å². The molecule has 1 aliphatic carbocycles. The number of rotatable bonds is 5. The summed E-state index contributed by atoms with van der Waals surface area (Å²) in [5, 5.41) is 11.9. The number of hydrogen-bond donors (Lipinski definition) is 1. The quantitative estimate of drug-likeness (QED) is 0.329. The fourth-order valence-electron chi connectivity index (χ4n) is 4.41. The number of phenolic OH excluding ortho intramolecular Hbond substituents is 1. The van der Waals surface area contributed by atoms with Crippen molar-refractivity contribution in [3.05, 3.63) is 81.4 Å². The zero-order chi connectivity index (χ0) is 23.4. The van der Waals surface area contributed by atoms with Crippen LogP contribution in [0.2, 0.25) is 5.02 Å². The maximum atomic E-state index is 14.0.